The van der Waals surface area contributed by atoms with E-state index in [-0.39, 0.29) is 0 Å². The van der Waals surface area contributed by atoms with Crippen LogP contribution in [0.5, 0.6) is 0 Å². The number of halogens is 3. The van der Waals surface area contributed by atoms with E-state index >= 15 is 0 Å². The first-order chi connectivity index (χ1) is 6.65. The van der Waals surface area contributed by atoms with Gasteiger partial charge >= 0.3 is 0 Å². The van der Waals surface area contributed by atoms with E-state index in [1.54, 1.807) is 0 Å². The zero-order valence-corrected chi connectivity index (χ0v) is 7.69. The molecule has 0 saturated carbocycles. The van der Waals surface area contributed by atoms with E-state index in [1.165, 1.54) is 0 Å². The molecule has 0 radical (unpaired) electrons. The number of hydrogen-bond donors (Lipinski definition) is 1. The maximum absolute atomic E-state index is 12.7. The number of nitrogens with two attached hydrogens (primary N) is 1. The van der Waals surface area contributed by atoms with Crippen LogP contribution in [0.15, 0.2) is 12.1 Å². The van der Waals surface area contributed by atoms with E-state index in [4.69, 9.17) is 5.73 Å². The van der Waals surface area contributed by atoms with Gasteiger partial charge in [0.1, 0.15) is 0 Å². The van der Waals surface area contributed by atoms with Crippen LogP contribution in [0, 0.1) is 17.5 Å². The summed E-state index contributed by atoms with van der Waals surface area (Å²) in [4.78, 5) is 0. The van der Waals surface area contributed by atoms with Gasteiger partial charge in [-0.15, -0.1) is 0 Å². The fourth-order valence-corrected chi connectivity index (χ4v) is 1.23. The molecule has 14 heavy (non-hydrogen) atoms. The molecule has 2 N–H and O–H groups in total. The Balaban J connectivity index is 2.69. The lowest BCUT2D eigenvalue weighted by atomic mass is 10.1. The van der Waals surface area contributed by atoms with Crippen LogP contribution >= 0.6 is 0 Å². The fourth-order valence-electron chi connectivity index (χ4n) is 1.23. The van der Waals surface area contributed by atoms with Crippen LogP contribution in [0.2, 0.25) is 0 Å². The van der Waals surface area contributed by atoms with Gasteiger partial charge in [0.15, 0.2) is 17.5 Å². The molecule has 0 amide bonds. The van der Waals surface area contributed by atoms with Crippen molar-refractivity contribution >= 4 is 0 Å². The largest absolute Gasteiger partial charge is 0.330 e. The minimum atomic E-state index is -1.41. The van der Waals surface area contributed by atoms with E-state index in [0.717, 1.165) is 25.0 Å². The molecular formula is C10H12F3N. The highest BCUT2D eigenvalue weighted by atomic mass is 19.2. The van der Waals surface area contributed by atoms with Gasteiger partial charge in [-0.05, 0) is 43.5 Å². The highest BCUT2D eigenvalue weighted by Gasteiger charge is 2.09. The maximum Gasteiger partial charge on any atom is 0.194 e. The summed E-state index contributed by atoms with van der Waals surface area (Å²) in [7, 11) is 0. The zero-order valence-electron chi connectivity index (χ0n) is 7.69. The maximum atomic E-state index is 12.7. The predicted octanol–water partition coefficient (Wildman–Crippen LogP) is 2.39. The summed E-state index contributed by atoms with van der Waals surface area (Å²) in [5.41, 5.74) is 5.74. The van der Waals surface area contributed by atoms with Crippen molar-refractivity contribution < 1.29 is 13.2 Å². The van der Waals surface area contributed by atoms with Gasteiger partial charge in [-0.1, -0.05) is 0 Å². The molecular weight excluding hydrogens is 191 g/mol. The Labute approximate surface area is 80.7 Å². The van der Waals surface area contributed by atoms with Crippen molar-refractivity contribution in [1.82, 2.24) is 0 Å². The molecule has 78 valence electrons. The zero-order chi connectivity index (χ0) is 10.6. The van der Waals surface area contributed by atoms with Crippen molar-refractivity contribution in [3.8, 4) is 0 Å². The molecule has 4 heteroatoms. The molecule has 0 aliphatic carbocycles. The molecule has 1 aromatic carbocycles. The SMILES string of the molecule is NCCCCc1cc(F)c(F)c(F)c1. The number of unbranched alkanes of at least 4 members (excludes halogenated alkanes) is 1. The summed E-state index contributed by atoms with van der Waals surface area (Å²) >= 11 is 0. The molecule has 0 aliphatic rings. The summed E-state index contributed by atoms with van der Waals surface area (Å²) < 4.78 is 37.9. The Morgan fingerprint density at radius 2 is 1.57 bits per heavy atom. The lowest BCUT2D eigenvalue weighted by molar-refractivity contribution is 0.445. The second-order valence-electron chi connectivity index (χ2n) is 3.12. The Bertz CT molecular complexity index is 289. The molecule has 0 aliphatic heterocycles. The quantitative estimate of drug-likeness (QED) is 0.590. The highest BCUT2D eigenvalue weighted by Crippen LogP contribution is 2.15. The topological polar surface area (TPSA) is 26.0 Å². The van der Waals surface area contributed by atoms with Gasteiger partial charge in [-0.25, -0.2) is 13.2 Å². The Morgan fingerprint density at radius 3 is 2.07 bits per heavy atom. The predicted molar refractivity (Wildman–Crippen MR) is 48.3 cm³/mol. The molecule has 0 unspecified atom stereocenters. The van der Waals surface area contributed by atoms with Crippen molar-refractivity contribution in [3.05, 3.63) is 35.1 Å². The van der Waals surface area contributed by atoms with Crippen LogP contribution in [0.1, 0.15) is 18.4 Å². The van der Waals surface area contributed by atoms with Crippen LogP contribution in [0.4, 0.5) is 13.2 Å². The summed E-state index contributed by atoms with van der Waals surface area (Å²) in [6.45, 7) is 0.548. The van der Waals surface area contributed by atoms with E-state index < -0.39 is 17.5 Å². The summed E-state index contributed by atoms with van der Waals surface area (Å²) in [5.74, 6) is -3.67. The van der Waals surface area contributed by atoms with Crippen LogP contribution in [0.25, 0.3) is 0 Å². The molecule has 0 saturated heterocycles. The van der Waals surface area contributed by atoms with Crippen LogP contribution in [-0.4, -0.2) is 6.54 Å². The van der Waals surface area contributed by atoms with Crippen LogP contribution in [-0.2, 0) is 6.42 Å². The van der Waals surface area contributed by atoms with Gasteiger partial charge in [0.05, 0.1) is 0 Å². The molecule has 0 aromatic heterocycles. The standard InChI is InChI=1S/C10H12F3N/c11-8-5-7(3-1-2-4-14)6-9(12)10(8)13/h5-6H,1-4,14H2. The monoisotopic (exact) mass is 203 g/mol. The summed E-state index contributed by atoms with van der Waals surface area (Å²) in [6.07, 6.45) is 2.06. The molecule has 1 rings (SSSR count). The molecule has 0 fully saturated rings. The molecule has 0 bridgehead atoms. The fraction of sp³-hybridized carbons (Fsp3) is 0.400. The second-order valence-corrected chi connectivity index (χ2v) is 3.12. The molecule has 0 heterocycles. The van der Waals surface area contributed by atoms with Crippen molar-refractivity contribution in [3.63, 3.8) is 0 Å². The third kappa shape index (κ3) is 2.73. The van der Waals surface area contributed by atoms with Crippen molar-refractivity contribution in [2.45, 2.75) is 19.3 Å². The smallest absolute Gasteiger partial charge is 0.194 e. The average Bonchev–Trinajstić information content (AvgIpc) is 2.14. The van der Waals surface area contributed by atoms with Crippen molar-refractivity contribution in [2.24, 2.45) is 5.73 Å². The first kappa shape index (κ1) is 11.0. The van der Waals surface area contributed by atoms with Gasteiger partial charge in [-0.2, -0.15) is 0 Å². The van der Waals surface area contributed by atoms with Gasteiger partial charge in [0, 0.05) is 0 Å². The number of benzene rings is 1. The second kappa shape index (κ2) is 5.00. The van der Waals surface area contributed by atoms with E-state index in [2.05, 4.69) is 0 Å². The molecule has 1 nitrogen and oxygen atoms in total. The van der Waals surface area contributed by atoms with Gasteiger partial charge in [0.2, 0.25) is 0 Å². The summed E-state index contributed by atoms with van der Waals surface area (Å²) in [6, 6.07) is 2.05. The van der Waals surface area contributed by atoms with E-state index in [9.17, 15) is 13.2 Å². The normalized spacial score (nSPS) is 10.6. The van der Waals surface area contributed by atoms with Gasteiger partial charge in [-0.3, -0.25) is 0 Å². The molecule has 1 aromatic rings. The lowest BCUT2D eigenvalue weighted by Crippen LogP contribution is -2.00. The molecule has 0 spiro atoms. The number of hydrogen-bond acceptors (Lipinski definition) is 1. The summed E-state index contributed by atoms with van der Waals surface area (Å²) in [5, 5.41) is 0. The Morgan fingerprint density at radius 1 is 1.00 bits per heavy atom. The third-order valence-corrected chi connectivity index (χ3v) is 1.96. The average molecular weight is 203 g/mol. The van der Waals surface area contributed by atoms with Gasteiger partial charge in [0.25, 0.3) is 0 Å². The first-order valence-electron chi connectivity index (χ1n) is 4.48. The third-order valence-electron chi connectivity index (χ3n) is 1.96. The van der Waals surface area contributed by atoms with Crippen LogP contribution in [0.3, 0.4) is 0 Å². The van der Waals surface area contributed by atoms with Crippen molar-refractivity contribution in [2.75, 3.05) is 6.54 Å². The van der Waals surface area contributed by atoms with E-state index in [0.29, 0.717) is 18.5 Å². The minimum absolute atomic E-state index is 0.467. The number of aryl methyl sites for hydroxylation is 1. The number of rotatable bonds is 4. The molecule has 0 atom stereocenters. The van der Waals surface area contributed by atoms with E-state index in [1.807, 2.05) is 0 Å². The Hall–Kier alpha value is -1.03. The minimum Gasteiger partial charge on any atom is -0.330 e. The van der Waals surface area contributed by atoms with Crippen molar-refractivity contribution in [1.29, 1.82) is 0 Å². The van der Waals surface area contributed by atoms with Gasteiger partial charge < -0.3 is 5.73 Å². The lowest BCUT2D eigenvalue weighted by Gasteiger charge is -2.02. The Kier molecular flexibility index (Phi) is 3.95. The van der Waals surface area contributed by atoms with Crippen LogP contribution < -0.4 is 5.73 Å². The highest BCUT2D eigenvalue weighted by molar-refractivity contribution is 5.19. The first-order valence-corrected chi connectivity index (χ1v) is 4.48.